The summed E-state index contributed by atoms with van der Waals surface area (Å²) in [5.41, 5.74) is 3.82. The van der Waals surface area contributed by atoms with Crippen molar-refractivity contribution in [3.05, 3.63) is 29.3 Å². The standard InChI is InChI=1S/C18H30N4S.HI/c1-14-7-8-15(16(11-14)22(4)5)12-20-17(19-3)21-13-18(2)9-6-10-23-18;/h7-8,11H,6,9-10,12-13H2,1-5H3,(H2,19,20,21);1H. The molecule has 1 aromatic carbocycles. The van der Waals surface area contributed by atoms with Crippen molar-refractivity contribution < 1.29 is 0 Å². The average molecular weight is 462 g/mol. The van der Waals surface area contributed by atoms with Gasteiger partial charge in [0.25, 0.3) is 0 Å². The number of hydrogen-bond donors (Lipinski definition) is 2. The van der Waals surface area contributed by atoms with Gasteiger partial charge in [-0.1, -0.05) is 12.1 Å². The number of anilines is 1. The molecule has 0 spiro atoms. The summed E-state index contributed by atoms with van der Waals surface area (Å²) in [4.78, 5) is 6.52. The van der Waals surface area contributed by atoms with Gasteiger partial charge in [0.05, 0.1) is 0 Å². The van der Waals surface area contributed by atoms with Crippen LogP contribution in [0.5, 0.6) is 0 Å². The molecule has 1 atom stereocenters. The lowest BCUT2D eigenvalue weighted by Crippen LogP contribution is -2.43. The van der Waals surface area contributed by atoms with E-state index in [4.69, 9.17) is 0 Å². The Balaban J connectivity index is 0.00000288. The number of aryl methyl sites for hydroxylation is 1. The van der Waals surface area contributed by atoms with Gasteiger partial charge in [-0.25, -0.2) is 0 Å². The highest BCUT2D eigenvalue weighted by Crippen LogP contribution is 2.36. The number of rotatable bonds is 5. The summed E-state index contributed by atoms with van der Waals surface area (Å²) in [6.45, 7) is 6.21. The Bertz CT molecular complexity index is 554. The molecule has 1 aromatic rings. The zero-order chi connectivity index (χ0) is 16.9. The quantitative estimate of drug-likeness (QED) is 0.399. The van der Waals surface area contributed by atoms with E-state index in [9.17, 15) is 0 Å². The number of thioether (sulfide) groups is 1. The highest BCUT2D eigenvalue weighted by molar-refractivity contribution is 14.0. The predicted molar refractivity (Wildman–Crippen MR) is 119 cm³/mol. The van der Waals surface area contributed by atoms with E-state index in [1.54, 1.807) is 0 Å². The fraction of sp³-hybridized carbons (Fsp3) is 0.611. The topological polar surface area (TPSA) is 39.7 Å². The minimum Gasteiger partial charge on any atom is -0.377 e. The van der Waals surface area contributed by atoms with Crippen molar-refractivity contribution in [1.82, 2.24) is 10.6 Å². The van der Waals surface area contributed by atoms with Crippen LogP contribution in [0.2, 0.25) is 0 Å². The molecular weight excluding hydrogens is 431 g/mol. The molecular formula is C18H31IN4S. The van der Waals surface area contributed by atoms with Gasteiger partial charge >= 0.3 is 0 Å². The number of hydrogen-bond acceptors (Lipinski definition) is 3. The Hall–Kier alpha value is -0.630. The van der Waals surface area contributed by atoms with E-state index < -0.39 is 0 Å². The van der Waals surface area contributed by atoms with Gasteiger partial charge in [-0.05, 0) is 49.6 Å². The molecule has 6 heteroatoms. The number of aliphatic imine (C=N–C) groups is 1. The minimum absolute atomic E-state index is 0. The maximum Gasteiger partial charge on any atom is 0.191 e. The van der Waals surface area contributed by atoms with Gasteiger partial charge in [0.2, 0.25) is 0 Å². The number of halogens is 1. The Labute approximate surface area is 168 Å². The molecule has 2 rings (SSSR count). The fourth-order valence-corrected chi connectivity index (χ4v) is 4.13. The van der Waals surface area contributed by atoms with Crippen LogP contribution >= 0.6 is 35.7 Å². The first-order chi connectivity index (χ1) is 10.9. The molecule has 1 unspecified atom stereocenters. The largest absolute Gasteiger partial charge is 0.377 e. The lowest BCUT2D eigenvalue weighted by atomic mass is 10.1. The second-order valence-corrected chi connectivity index (χ2v) is 8.39. The third-order valence-electron chi connectivity index (χ3n) is 4.32. The number of nitrogens with zero attached hydrogens (tertiary/aromatic N) is 2. The summed E-state index contributed by atoms with van der Waals surface area (Å²) >= 11 is 2.07. The highest BCUT2D eigenvalue weighted by Gasteiger charge is 2.29. The van der Waals surface area contributed by atoms with E-state index in [0.717, 1.165) is 19.0 Å². The van der Waals surface area contributed by atoms with Crippen molar-refractivity contribution in [1.29, 1.82) is 0 Å². The molecule has 1 aliphatic heterocycles. The van der Waals surface area contributed by atoms with Gasteiger partial charge in [0.1, 0.15) is 0 Å². The van der Waals surface area contributed by atoms with Gasteiger partial charge < -0.3 is 15.5 Å². The Kier molecular flexibility index (Phi) is 8.70. The number of nitrogens with one attached hydrogen (secondary N) is 2. The molecule has 4 nitrogen and oxygen atoms in total. The van der Waals surface area contributed by atoms with E-state index in [0.29, 0.717) is 4.75 Å². The van der Waals surface area contributed by atoms with Crippen molar-refractivity contribution >= 4 is 47.4 Å². The fourth-order valence-electron chi connectivity index (χ4n) is 2.89. The molecule has 0 saturated carbocycles. The van der Waals surface area contributed by atoms with E-state index >= 15 is 0 Å². The SMILES string of the molecule is CN=C(NCc1ccc(C)cc1N(C)C)NCC1(C)CCCS1.I. The van der Waals surface area contributed by atoms with Crippen LogP contribution in [0, 0.1) is 6.92 Å². The zero-order valence-corrected chi connectivity index (χ0v) is 18.6. The van der Waals surface area contributed by atoms with Gasteiger partial charge in [0, 0.05) is 44.7 Å². The zero-order valence-electron chi connectivity index (χ0n) is 15.5. The van der Waals surface area contributed by atoms with Crippen molar-refractivity contribution in [2.45, 2.75) is 38.0 Å². The molecule has 1 fully saturated rings. The second-order valence-electron chi connectivity index (χ2n) is 6.71. The second kappa shape index (κ2) is 9.75. The van der Waals surface area contributed by atoms with E-state index in [1.165, 1.54) is 35.4 Å². The summed E-state index contributed by atoms with van der Waals surface area (Å²) in [5, 5.41) is 6.93. The maximum atomic E-state index is 4.36. The lowest BCUT2D eigenvalue weighted by molar-refractivity contribution is 0.584. The van der Waals surface area contributed by atoms with E-state index in [-0.39, 0.29) is 24.0 Å². The van der Waals surface area contributed by atoms with Gasteiger partial charge in [-0.15, -0.1) is 24.0 Å². The summed E-state index contributed by atoms with van der Waals surface area (Å²) in [6, 6.07) is 6.58. The first-order valence-corrected chi connectivity index (χ1v) is 9.27. The molecule has 1 heterocycles. The minimum atomic E-state index is 0. The third kappa shape index (κ3) is 6.02. The van der Waals surface area contributed by atoms with Crippen molar-refractivity contribution in [3.8, 4) is 0 Å². The molecule has 0 aromatic heterocycles. The average Bonchev–Trinajstić information content (AvgIpc) is 2.95. The van der Waals surface area contributed by atoms with Gasteiger partial charge in [-0.2, -0.15) is 11.8 Å². The molecule has 0 bridgehead atoms. The van der Waals surface area contributed by atoms with Crippen LogP contribution in [0.4, 0.5) is 5.69 Å². The maximum absolute atomic E-state index is 4.36. The van der Waals surface area contributed by atoms with Gasteiger partial charge in [0.15, 0.2) is 5.96 Å². The Morgan fingerprint density at radius 1 is 1.33 bits per heavy atom. The Morgan fingerprint density at radius 3 is 2.67 bits per heavy atom. The first kappa shape index (κ1) is 21.4. The smallest absolute Gasteiger partial charge is 0.191 e. The van der Waals surface area contributed by atoms with Crippen LogP contribution in [0.15, 0.2) is 23.2 Å². The van der Waals surface area contributed by atoms with E-state index in [2.05, 4.69) is 78.4 Å². The lowest BCUT2D eigenvalue weighted by Gasteiger charge is -2.25. The van der Waals surface area contributed by atoms with Gasteiger partial charge in [-0.3, -0.25) is 4.99 Å². The first-order valence-electron chi connectivity index (χ1n) is 8.29. The highest BCUT2D eigenvalue weighted by atomic mass is 127. The summed E-state index contributed by atoms with van der Waals surface area (Å²) in [5.74, 6) is 2.16. The number of benzene rings is 1. The number of guanidine groups is 1. The summed E-state index contributed by atoms with van der Waals surface area (Å²) in [6.07, 6.45) is 2.61. The van der Waals surface area contributed by atoms with E-state index in [1.807, 2.05) is 7.05 Å². The molecule has 24 heavy (non-hydrogen) atoms. The monoisotopic (exact) mass is 462 g/mol. The van der Waals surface area contributed by atoms with Crippen molar-refractivity contribution in [2.24, 2.45) is 4.99 Å². The molecule has 0 aliphatic carbocycles. The molecule has 1 aliphatic rings. The normalized spacial score (nSPS) is 20.5. The summed E-state index contributed by atoms with van der Waals surface area (Å²) in [7, 11) is 6.01. The van der Waals surface area contributed by atoms with Crippen molar-refractivity contribution in [2.75, 3.05) is 38.3 Å². The van der Waals surface area contributed by atoms with Crippen LogP contribution in [0.25, 0.3) is 0 Å². The van der Waals surface area contributed by atoms with Crippen LogP contribution < -0.4 is 15.5 Å². The summed E-state index contributed by atoms with van der Waals surface area (Å²) < 4.78 is 0.344. The third-order valence-corrected chi connectivity index (χ3v) is 5.86. The van der Waals surface area contributed by atoms with Crippen LogP contribution in [0.1, 0.15) is 30.9 Å². The molecule has 0 amide bonds. The molecule has 2 N–H and O–H groups in total. The molecule has 136 valence electrons. The van der Waals surface area contributed by atoms with Crippen LogP contribution in [-0.4, -0.2) is 44.1 Å². The Morgan fingerprint density at radius 2 is 2.08 bits per heavy atom. The molecule has 1 saturated heterocycles. The van der Waals surface area contributed by atoms with Crippen molar-refractivity contribution in [3.63, 3.8) is 0 Å². The van der Waals surface area contributed by atoms with Crippen LogP contribution in [-0.2, 0) is 6.54 Å². The predicted octanol–water partition coefficient (Wildman–Crippen LogP) is 3.63. The van der Waals surface area contributed by atoms with Crippen LogP contribution in [0.3, 0.4) is 0 Å². The molecule has 0 radical (unpaired) electrons.